The van der Waals surface area contributed by atoms with Crippen molar-refractivity contribution in [1.29, 1.82) is 0 Å². The predicted octanol–water partition coefficient (Wildman–Crippen LogP) is 2.76. The number of hydrogen-bond acceptors (Lipinski definition) is 4. The van der Waals surface area contributed by atoms with Crippen molar-refractivity contribution in [1.82, 2.24) is 5.43 Å². The summed E-state index contributed by atoms with van der Waals surface area (Å²) >= 11 is 0. The van der Waals surface area contributed by atoms with Gasteiger partial charge in [0.2, 0.25) is 0 Å². The fourth-order valence-electron chi connectivity index (χ4n) is 2.36. The number of benzene rings is 1. The lowest BCUT2D eigenvalue weighted by Crippen LogP contribution is -2.27. The Hall–Kier alpha value is -2.04. The van der Waals surface area contributed by atoms with Crippen LogP contribution in [0.25, 0.3) is 0 Å². The molecule has 2 rings (SSSR count). The van der Waals surface area contributed by atoms with Crippen molar-refractivity contribution in [2.45, 2.75) is 32.6 Å². The van der Waals surface area contributed by atoms with Crippen LogP contribution in [0.2, 0.25) is 0 Å². The molecule has 0 bridgehead atoms. The van der Waals surface area contributed by atoms with Crippen molar-refractivity contribution in [2.24, 2.45) is 11.0 Å². The van der Waals surface area contributed by atoms with Crippen LogP contribution in [-0.4, -0.2) is 25.3 Å². The second kappa shape index (κ2) is 7.67. The molecule has 1 unspecified atom stereocenters. The second-order valence-corrected chi connectivity index (χ2v) is 5.38. The maximum atomic E-state index is 11.7. The third-order valence-corrected chi connectivity index (χ3v) is 3.51. The van der Waals surface area contributed by atoms with Gasteiger partial charge in [-0.2, -0.15) is 5.10 Å². The summed E-state index contributed by atoms with van der Waals surface area (Å²) in [7, 11) is 1.61. The van der Waals surface area contributed by atoms with E-state index in [0.29, 0.717) is 11.7 Å². The summed E-state index contributed by atoms with van der Waals surface area (Å²) in [6.45, 7) is 2.17. The molecule has 1 N–H and O–H groups in total. The number of amides is 1. The van der Waals surface area contributed by atoms with Gasteiger partial charge in [-0.1, -0.05) is 6.92 Å². The molecule has 1 amide bonds. The Morgan fingerprint density at radius 3 is 2.71 bits per heavy atom. The van der Waals surface area contributed by atoms with Crippen molar-refractivity contribution >= 4 is 11.6 Å². The zero-order chi connectivity index (χ0) is 15.1. The molecule has 5 heteroatoms. The Morgan fingerprint density at radius 2 is 2.05 bits per heavy atom. The van der Waals surface area contributed by atoms with Crippen LogP contribution in [0.3, 0.4) is 0 Å². The number of ether oxygens (including phenoxy) is 2. The summed E-state index contributed by atoms with van der Waals surface area (Å²) in [5, 5.41) is 4.19. The molecule has 1 saturated carbocycles. The van der Waals surface area contributed by atoms with E-state index in [9.17, 15) is 4.79 Å². The van der Waals surface area contributed by atoms with Gasteiger partial charge in [0.1, 0.15) is 11.5 Å². The van der Waals surface area contributed by atoms with Crippen LogP contribution in [0.5, 0.6) is 11.5 Å². The molecule has 0 spiro atoms. The molecule has 0 heterocycles. The van der Waals surface area contributed by atoms with E-state index in [2.05, 4.69) is 17.5 Å². The molecule has 114 valence electrons. The first-order valence-electron chi connectivity index (χ1n) is 7.28. The monoisotopic (exact) mass is 290 g/mol. The number of rotatable bonds is 5. The molecule has 0 aromatic heterocycles. The number of hydrogen-bond donors (Lipinski definition) is 1. The first kappa shape index (κ1) is 15.4. The standard InChI is InChI=1S/C16H22N2O3/c1-12-4-3-5-13(10-12)17-18-16(19)11-21-15-8-6-14(20-2)7-9-15/h6-9,12H,3-5,10-11H2,1-2H3,(H,18,19)/b17-13+. The summed E-state index contributed by atoms with van der Waals surface area (Å²) in [6, 6.07) is 7.11. The Balaban J connectivity index is 1.75. The second-order valence-electron chi connectivity index (χ2n) is 5.38. The number of nitrogens with zero attached hydrogens (tertiary/aromatic N) is 1. The van der Waals surface area contributed by atoms with E-state index in [4.69, 9.17) is 9.47 Å². The van der Waals surface area contributed by atoms with Gasteiger partial charge in [0, 0.05) is 5.71 Å². The van der Waals surface area contributed by atoms with Gasteiger partial charge in [-0.3, -0.25) is 4.79 Å². The van der Waals surface area contributed by atoms with Crippen molar-refractivity contribution in [3.63, 3.8) is 0 Å². The zero-order valence-electron chi connectivity index (χ0n) is 12.6. The number of carbonyl (C=O) groups is 1. The van der Waals surface area contributed by atoms with Crippen LogP contribution in [-0.2, 0) is 4.79 Å². The van der Waals surface area contributed by atoms with Crippen LogP contribution < -0.4 is 14.9 Å². The van der Waals surface area contributed by atoms with E-state index in [1.807, 2.05) is 0 Å². The molecular formula is C16H22N2O3. The summed E-state index contributed by atoms with van der Waals surface area (Å²) in [4.78, 5) is 11.7. The van der Waals surface area contributed by atoms with Crippen molar-refractivity contribution in [3.8, 4) is 11.5 Å². The van der Waals surface area contributed by atoms with Gasteiger partial charge in [0.15, 0.2) is 6.61 Å². The van der Waals surface area contributed by atoms with Crippen LogP contribution in [0.15, 0.2) is 29.4 Å². The van der Waals surface area contributed by atoms with Gasteiger partial charge >= 0.3 is 0 Å². The minimum absolute atomic E-state index is 0.0430. The number of carbonyl (C=O) groups excluding carboxylic acids is 1. The molecule has 1 aromatic rings. The average molecular weight is 290 g/mol. The maximum Gasteiger partial charge on any atom is 0.277 e. The molecule has 0 aliphatic heterocycles. The van der Waals surface area contributed by atoms with E-state index in [-0.39, 0.29) is 12.5 Å². The fourth-order valence-corrected chi connectivity index (χ4v) is 2.36. The van der Waals surface area contributed by atoms with Crippen LogP contribution in [0.1, 0.15) is 32.6 Å². The summed E-state index contributed by atoms with van der Waals surface area (Å²) in [5.74, 6) is 1.80. The maximum absolute atomic E-state index is 11.7. The van der Waals surface area contributed by atoms with Crippen molar-refractivity contribution < 1.29 is 14.3 Å². The largest absolute Gasteiger partial charge is 0.497 e. The third-order valence-electron chi connectivity index (χ3n) is 3.51. The van der Waals surface area contributed by atoms with Crippen LogP contribution in [0, 0.1) is 5.92 Å². The lowest BCUT2D eigenvalue weighted by Gasteiger charge is -2.18. The molecule has 1 atom stereocenters. The quantitative estimate of drug-likeness (QED) is 0.848. The minimum atomic E-state index is -0.239. The molecule has 0 saturated heterocycles. The predicted molar refractivity (Wildman–Crippen MR) is 81.7 cm³/mol. The Kier molecular flexibility index (Phi) is 5.60. The number of hydrazone groups is 1. The fraction of sp³-hybridized carbons (Fsp3) is 0.500. The lowest BCUT2D eigenvalue weighted by molar-refractivity contribution is -0.123. The average Bonchev–Trinajstić information content (AvgIpc) is 2.51. The summed E-state index contributed by atoms with van der Waals surface area (Å²) in [6.07, 6.45) is 4.34. The van der Waals surface area contributed by atoms with Gasteiger partial charge in [0.05, 0.1) is 7.11 Å². The number of nitrogens with one attached hydrogen (secondary N) is 1. The first-order valence-corrected chi connectivity index (χ1v) is 7.28. The normalized spacial score (nSPS) is 20.1. The van der Waals surface area contributed by atoms with Gasteiger partial charge in [-0.05, 0) is 55.9 Å². The van der Waals surface area contributed by atoms with Crippen LogP contribution in [0.4, 0.5) is 0 Å². The topological polar surface area (TPSA) is 59.9 Å². The molecule has 1 aliphatic carbocycles. The molecule has 1 aliphatic rings. The highest BCUT2D eigenvalue weighted by Crippen LogP contribution is 2.21. The zero-order valence-corrected chi connectivity index (χ0v) is 12.6. The summed E-state index contributed by atoms with van der Waals surface area (Å²) < 4.78 is 10.4. The third kappa shape index (κ3) is 5.10. The molecule has 0 radical (unpaired) electrons. The number of methoxy groups -OCH3 is 1. The summed E-state index contributed by atoms with van der Waals surface area (Å²) in [5.41, 5.74) is 3.64. The SMILES string of the molecule is COc1ccc(OCC(=O)N/N=C2\CCCC(C)C2)cc1. The molecule has 21 heavy (non-hydrogen) atoms. The first-order chi connectivity index (χ1) is 10.2. The van der Waals surface area contributed by atoms with Crippen molar-refractivity contribution in [3.05, 3.63) is 24.3 Å². The van der Waals surface area contributed by atoms with E-state index >= 15 is 0 Å². The highest BCUT2D eigenvalue weighted by Gasteiger charge is 2.14. The van der Waals surface area contributed by atoms with Crippen molar-refractivity contribution in [2.75, 3.05) is 13.7 Å². The van der Waals surface area contributed by atoms with Gasteiger partial charge < -0.3 is 9.47 Å². The van der Waals surface area contributed by atoms with Gasteiger partial charge in [0.25, 0.3) is 5.91 Å². The Morgan fingerprint density at radius 1 is 1.33 bits per heavy atom. The van der Waals surface area contributed by atoms with E-state index in [0.717, 1.165) is 30.7 Å². The van der Waals surface area contributed by atoms with Crippen LogP contribution >= 0.6 is 0 Å². The Labute approximate surface area is 125 Å². The van der Waals surface area contributed by atoms with E-state index in [1.54, 1.807) is 31.4 Å². The molecule has 5 nitrogen and oxygen atoms in total. The van der Waals surface area contributed by atoms with E-state index < -0.39 is 0 Å². The van der Waals surface area contributed by atoms with E-state index in [1.165, 1.54) is 6.42 Å². The molecule has 1 fully saturated rings. The highest BCUT2D eigenvalue weighted by atomic mass is 16.5. The minimum Gasteiger partial charge on any atom is -0.497 e. The lowest BCUT2D eigenvalue weighted by atomic mass is 9.89. The molecule has 1 aromatic carbocycles. The Bertz CT molecular complexity index is 497. The van der Waals surface area contributed by atoms with Gasteiger partial charge in [-0.25, -0.2) is 5.43 Å². The molecular weight excluding hydrogens is 268 g/mol. The smallest absolute Gasteiger partial charge is 0.277 e. The van der Waals surface area contributed by atoms with Gasteiger partial charge in [-0.15, -0.1) is 0 Å². The highest BCUT2D eigenvalue weighted by molar-refractivity contribution is 5.87.